The van der Waals surface area contributed by atoms with Gasteiger partial charge >= 0.3 is 0 Å². The zero-order valence-corrected chi connectivity index (χ0v) is 14.2. The van der Waals surface area contributed by atoms with Crippen molar-refractivity contribution in [3.63, 3.8) is 0 Å². The summed E-state index contributed by atoms with van der Waals surface area (Å²) in [6, 6.07) is 10.7. The first-order valence-corrected chi connectivity index (χ1v) is 8.55. The first-order chi connectivity index (χ1) is 12.5. The zero-order valence-electron chi connectivity index (χ0n) is 13.4. The number of aromatic nitrogens is 1. The SMILES string of the molecule is C=C1C(=O)SC(=O)N1c1cccc2c1ccn2Cc1c(F)cccc1F. The third-order valence-electron chi connectivity index (χ3n) is 4.29. The minimum absolute atomic E-state index is 0.00797. The second-order valence-corrected chi connectivity index (χ2v) is 6.72. The molecule has 4 nitrogen and oxygen atoms in total. The fourth-order valence-electron chi connectivity index (χ4n) is 3.02. The van der Waals surface area contributed by atoms with Gasteiger partial charge in [-0.15, -0.1) is 0 Å². The number of carbonyl (C=O) groups excluding carboxylic acids is 2. The van der Waals surface area contributed by atoms with E-state index in [-0.39, 0.29) is 22.9 Å². The fourth-order valence-corrected chi connectivity index (χ4v) is 3.69. The Labute approximate surface area is 151 Å². The van der Waals surface area contributed by atoms with E-state index in [0.717, 1.165) is 0 Å². The molecule has 1 aliphatic rings. The topological polar surface area (TPSA) is 42.3 Å². The molecule has 0 N–H and O–H groups in total. The highest BCUT2D eigenvalue weighted by Gasteiger charge is 2.35. The number of amides is 1. The van der Waals surface area contributed by atoms with E-state index in [1.54, 1.807) is 35.0 Å². The molecule has 7 heteroatoms. The highest BCUT2D eigenvalue weighted by atomic mass is 32.2. The van der Waals surface area contributed by atoms with Crippen LogP contribution in [0.3, 0.4) is 0 Å². The predicted molar refractivity (Wildman–Crippen MR) is 97.0 cm³/mol. The van der Waals surface area contributed by atoms with Crippen molar-refractivity contribution in [1.29, 1.82) is 0 Å². The van der Waals surface area contributed by atoms with E-state index in [2.05, 4.69) is 6.58 Å². The molecule has 0 saturated carbocycles. The van der Waals surface area contributed by atoms with E-state index in [1.165, 1.54) is 23.1 Å². The number of thioether (sulfide) groups is 1. The number of halogens is 2. The van der Waals surface area contributed by atoms with Crippen molar-refractivity contribution in [2.75, 3.05) is 4.90 Å². The maximum Gasteiger partial charge on any atom is 0.298 e. The monoisotopic (exact) mass is 370 g/mol. The molecule has 2 heterocycles. The average Bonchev–Trinajstić information content (AvgIpc) is 3.12. The number of carbonyl (C=O) groups is 2. The standard InChI is InChI=1S/C19H12F2N2O2S/c1-11-18(24)26-19(25)23(11)17-7-3-6-16-12(17)8-9-22(16)10-13-14(20)4-2-5-15(13)21/h2-9H,1,10H2. The van der Waals surface area contributed by atoms with E-state index < -0.39 is 16.9 Å². The predicted octanol–water partition coefficient (Wildman–Crippen LogP) is 4.68. The summed E-state index contributed by atoms with van der Waals surface area (Å²) in [6.07, 6.45) is 1.69. The Morgan fingerprint density at radius 3 is 2.35 bits per heavy atom. The molecule has 0 radical (unpaired) electrons. The first-order valence-electron chi connectivity index (χ1n) is 7.73. The van der Waals surface area contributed by atoms with E-state index in [1.807, 2.05) is 0 Å². The summed E-state index contributed by atoms with van der Waals surface area (Å²) in [7, 11) is 0. The quantitative estimate of drug-likeness (QED) is 0.629. The lowest BCUT2D eigenvalue weighted by Gasteiger charge is -2.16. The Hall–Kier alpha value is -2.93. The first kappa shape index (κ1) is 16.5. The molecule has 4 rings (SSSR count). The van der Waals surface area contributed by atoms with Gasteiger partial charge in [0, 0.05) is 28.9 Å². The molecule has 130 valence electrons. The number of rotatable bonds is 3. The Balaban J connectivity index is 1.80. The van der Waals surface area contributed by atoms with Gasteiger partial charge in [0.1, 0.15) is 11.6 Å². The number of hydrogen-bond donors (Lipinski definition) is 0. The van der Waals surface area contributed by atoms with Gasteiger partial charge < -0.3 is 4.57 Å². The normalized spacial score (nSPS) is 14.7. The maximum atomic E-state index is 14.0. The van der Waals surface area contributed by atoms with Gasteiger partial charge in [-0.25, -0.2) is 8.78 Å². The van der Waals surface area contributed by atoms with E-state index in [9.17, 15) is 18.4 Å². The van der Waals surface area contributed by atoms with Gasteiger partial charge in [0.05, 0.1) is 23.4 Å². The van der Waals surface area contributed by atoms with Gasteiger partial charge in [0.2, 0.25) is 5.12 Å². The van der Waals surface area contributed by atoms with Crippen LogP contribution in [-0.2, 0) is 11.3 Å². The molecular weight excluding hydrogens is 358 g/mol. The number of fused-ring (bicyclic) bond motifs is 1. The third kappa shape index (κ3) is 2.52. The van der Waals surface area contributed by atoms with Crippen molar-refractivity contribution in [2.24, 2.45) is 0 Å². The lowest BCUT2D eigenvalue weighted by molar-refractivity contribution is -0.107. The number of hydrogen-bond acceptors (Lipinski definition) is 3. The van der Waals surface area contributed by atoms with E-state index in [0.29, 0.717) is 28.4 Å². The smallest absolute Gasteiger partial charge is 0.298 e. The van der Waals surface area contributed by atoms with Gasteiger partial charge in [0.25, 0.3) is 5.24 Å². The number of anilines is 1. The Morgan fingerprint density at radius 1 is 1.00 bits per heavy atom. The molecule has 0 aliphatic carbocycles. The lowest BCUT2D eigenvalue weighted by Crippen LogP contribution is -2.20. The average molecular weight is 370 g/mol. The Bertz CT molecular complexity index is 1070. The molecule has 0 spiro atoms. The van der Waals surface area contributed by atoms with Gasteiger partial charge in [-0.1, -0.05) is 18.7 Å². The van der Waals surface area contributed by atoms with Crippen molar-refractivity contribution in [3.8, 4) is 0 Å². The molecule has 1 saturated heterocycles. The summed E-state index contributed by atoms with van der Waals surface area (Å²) in [5.41, 5.74) is 1.27. The summed E-state index contributed by atoms with van der Waals surface area (Å²) >= 11 is 0.596. The maximum absolute atomic E-state index is 14.0. The van der Waals surface area contributed by atoms with Crippen LogP contribution >= 0.6 is 11.8 Å². The van der Waals surface area contributed by atoms with Crippen LogP contribution in [0.25, 0.3) is 10.9 Å². The van der Waals surface area contributed by atoms with Crippen LogP contribution in [0.4, 0.5) is 19.3 Å². The highest BCUT2D eigenvalue weighted by molar-refractivity contribution is 8.27. The highest BCUT2D eigenvalue weighted by Crippen LogP contribution is 2.37. The molecule has 3 aromatic rings. The van der Waals surface area contributed by atoms with Crippen molar-refractivity contribution in [2.45, 2.75) is 6.54 Å². The summed E-state index contributed by atoms with van der Waals surface area (Å²) in [5.74, 6) is -1.24. The van der Waals surface area contributed by atoms with Crippen LogP contribution in [0.2, 0.25) is 0 Å². The van der Waals surface area contributed by atoms with Gasteiger partial charge in [-0.2, -0.15) is 0 Å². The van der Waals surface area contributed by atoms with Crippen LogP contribution in [0, 0.1) is 11.6 Å². The molecular formula is C19H12F2N2O2S. The van der Waals surface area contributed by atoms with Crippen LogP contribution < -0.4 is 4.90 Å². The largest absolute Gasteiger partial charge is 0.343 e. The van der Waals surface area contributed by atoms with Crippen LogP contribution in [-0.4, -0.2) is 14.9 Å². The second-order valence-electron chi connectivity index (χ2n) is 5.79. The van der Waals surface area contributed by atoms with Crippen molar-refractivity contribution >= 4 is 38.7 Å². The zero-order chi connectivity index (χ0) is 18.4. The molecule has 1 aromatic heterocycles. The molecule has 2 aromatic carbocycles. The van der Waals surface area contributed by atoms with Gasteiger partial charge in [0.15, 0.2) is 0 Å². The molecule has 0 unspecified atom stereocenters. The fraction of sp³-hybridized carbons (Fsp3) is 0.0526. The molecule has 0 bridgehead atoms. The number of benzene rings is 2. The summed E-state index contributed by atoms with van der Waals surface area (Å²) in [6.45, 7) is 3.68. The second kappa shape index (κ2) is 6.10. The van der Waals surface area contributed by atoms with Crippen LogP contribution in [0.1, 0.15) is 5.56 Å². The Kier molecular flexibility index (Phi) is 3.88. The molecule has 1 fully saturated rings. The van der Waals surface area contributed by atoms with Crippen LogP contribution in [0.15, 0.2) is 60.9 Å². The Morgan fingerprint density at radius 2 is 1.69 bits per heavy atom. The summed E-state index contributed by atoms with van der Waals surface area (Å²) in [4.78, 5) is 25.1. The van der Waals surface area contributed by atoms with Gasteiger partial charge in [-0.05, 0) is 30.3 Å². The van der Waals surface area contributed by atoms with Crippen molar-refractivity contribution < 1.29 is 18.4 Å². The summed E-state index contributed by atoms with van der Waals surface area (Å²) < 4.78 is 29.6. The van der Waals surface area contributed by atoms with Crippen molar-refractivity contribution in [1.82, 2.24) is 4.57 Å². The number of nitrogens with zero attached hydrogens (tertiary/aromatic N) is 2. The van der Waals surface area contributed by atoms with Gasteiger partial charge in [-0.3, -0.25) is 14.5 Å². The molecule has 26 heavy (non-hydrogen) atoms. The van der Waals surface area contributed by atoms with Crippen LogP contribution in [0.5, 0.6) is 0 Å². The van der Waals surface area contributed by atoms with E-state index in [4.69, 9.17) is 0 Å². The molecule has 0 atom stereocenters. The molecule has 1 amide bonds. The molecule has 1 aliphatic heterocycles. The van der Waals surface area contributed by atoms with E-state index >= 15 is 0 Å². The minimum Gasteiger partial charge on any atom is -0.343 e. The minimum atomic E-state index is -0.618. The third-order valence-corrected chi connectivity index (χ3v) is 5.07. The lowest BCUT2D eigenvalue weighted by atomic mass is 10.1. The summed E-state index contributed by atoms with van der Waals surface area (Å²) in [5, 5.41) is -0.116. The van der Waals surface area contributed by atoms with Crippen molar-refractivity contribution in [3.05, 3.63) is 78.1 Å².